The van der Waals surface area contributed by atoms with Crippen molar-refractivity contribution in [2.24, 2.45) is 0 Å². The van der Waals surface area contributed by atoms with Crippen molar-refractivity contribution in [3.8, 4) is 11.5 Å². The molecule has 0 bridgehead atoms. The van der Waals surface area contributed by atoms with Crippen LogP contribution in [0.25, 0.3) is 0 Å². The zero-order valence-electron chi connectivity index (χ0n) is 9.62. The van der Waals surface area contributed by atoms with E-state index < -0.39 is 0 Å². The molecule has 4 heteroatoms. The van der Waals surface area contributed by atoms with Gasteiger partial charge in [-0.3, -0.25) is 0 Å². The lowest BCUT2D eigenvalue weighted by Crippen LogP contribution is -2.18. The standard InChI is InChI=1S/C12H16BrNO2/c1-15-11-7-9(13)10(8-12(11)16-2)14-5-3-4-6-14/h7-8H,3-6H2,1-2H3. The van der Waals surface area contributed by atoms with Crippen LogP contribution in [0.3, 0.4) is 0 Å². The van der Waals surface area contributed by atoms with Crippen molar-refractivity contribution in [3.05, 3.63) is 16.6 Å². The van der Waals surface area contributed by atoms with Crippen molar-refractivity contribution >= 4 is 21.6 Å². The van der Waals surface area contributed by atoms with Gasteiger partial charge in [0.1, 0.15) is 0 Å². The molecule has 1 aromatic rings. The monoisotopic (exact) mass is 285 g/mol. The molecular formula is C12H16BrNO2. The van der Waals surface area contributed by atoms with Gasteiger partial charge < -0.3 is 14.4 Å². The summed E-state index contributed by atoms with van der Waals surface area (Å²) in [6, 6.07) is 4.00. The van der Waals surface area contributed by atoms with Crippen LogP contribution in [0.1, 0.15) is 12.8 Å². The summed E-state index contributed by atoms with van der Waals surface area (Å²) in [5, 5.41) is 0. The Morgan fingerprint density at radius 2 is 1.62 bits per heavy atom. The van der Waals surface area contributed by atoms with Crippen LogP contribution >= 0.6 is 15.9 Å². The van der Waals surface area contributed by atoms with Crippen molar-refractivity contribution < 1.29 is 9.47 Å². The predicted molar refractivity (Wildman–Crippen MR) is 68.7 cm³/mol. The summed E-state index contributed by atoms with van der Waals surface area (Å²) in [6.07, 6.45) is 2.53. The smallest absolute Gasteiger partial charge is 0.162 e. The van der Waals surface area contributed by atoms with Gasteiger partial charge >= 0.3 is 0 Å². The molecule has 0 unspecified atom stereocenters. The maximum Gasteiger partial charge on any atom is 0.162 e. The van der Waals surface area contributed by atoms with Crippen LogP contribution in [0.15, 0.2) is 16.6 Å². The molecule has 0 N–H and O–H groups in total. The molecule has 0 radical (unpaired) electrons. The zero-order valence-corrected chi connectivity index (χ0v) is 11.2. The first-order valence-electron chi connectivity index (χ1n) is 5.42. The summed E-state index contributed by atoms with van der Waals surface area (Å²) in [5.74, 6) is 1.55. The Hall–Kier alpha value is -0.900. The summed E-state index contributed by atoms with van der Waals surface area (Å²) in [7, 11) is 3.32. The quantitative estimate of drug-likeness (QED) is 0.852. The van der Waals surface area contributed by atoms with Gasteiger partial charge in [0.25, 0.3) is 0 Å². The minimum Gasteiger partial charge on any atom is -0.493 e. The molecule has 88 valence electrons. The van der Waals surface area contributed by atoms with Crippen LogP contribution in [0, 0.1) is 0 Å². The lowest BCUT2D eigenvalue weighted by atomic mass is 10.2. The first kappa shape index (κ1) is 11.6. The minimum absolute atomic E-state index is 0.761. The minimum atomic E-state index is 0.761. The van der Waals surface area contributed by atoms with E-state index in [0.717, 1.165) is 29.1 Å². The lowest BCUT2D eigenvalue weighted by molar-refractivity contribution is 0.355. The Kier molecular flexibility index (Phi) is 3.59. The summed E-state index contributed by atoms with van der Waals surface area (Å²) >= 11 is 3.58. The maximum atomic E-state index is 5.32. The average molecular weight is 286 g/mol. The third-order valence-corrected chi connectivity index (χ3v) is 3.53. The third-order valence-electron chi connectivity index (χ3n) is 2.90. The summed E-state index contributed by atoms with van der Waals surface area (Å²) < 4.78 is 11.6. The van der Waals surface area contributed by atoms with Crippen molar-refractivity contribution in [1.82, 2.24) is 0 Å². The molecule has 1 fully saturated rings. The fraction of sp³-hybridized carbons (Fsp3) is 0.500. The highest BCUT2D eigenvalue weighted by molar-refractivity contribution is 9.10. The fourth-order valence-corrected chi connectivity index (χ4v) is 2.62. The van der Waals surface area contributed by atoms with E-state index in [2.05, 4.69) is 20.8 Å². The number of anilines is 1. The van der Waals surface area contributed by atoms with Gasteiger partial charge in [-0.05, 0) is 28.8 Å². The van der Waals surface area contributed by atoms with Crippen LogP contribution in [0.2, 0.25) is 0 Å². The number of halogens is 1. The summed E-state index contributed by atoms with van der Waals surface area (Å²) in [6.45, 7) is 2.24. The Morgan fingerprint density at radius 1 is 1.06 bits per heavy atom. The van der Waals surface area contributed by atoms with E-state index in [-0.39, 0.29) is 0 Å². The Labute approximate surface area is 104 Å². The van der Waals surface area contributed by atoms with Crippen molar-refractivity contribution in [1.29, 1.82) is 0 Å². The molecule has 1 saturated heterocycles. The zero-order chi connectivity index (χ0) is 11.5. The molecular weight excluding hydrogens is 270 g/mol. The number of rotatable bonds is 3. The molecule has 0 atom stereocenters. The van der Waals surface area contributed by atoms with Gasteiger partial charge in [0.2, 0.25) is 0 Å². The van der Waals surface area contributed by atoms with Crippen LogP contribution in [0.4, 0.5) is 5.69 Å². The van der Waals surface area contributed by atoms with Gasteiger partial charge in [-0.15, -0.1) is 0 Å². The highest BCUT2D eigenvalue weighted by atomic mass is 79.9. The van der Waals surface area contributed by atoms with Crippen LogP contribution in [0.5, 0.6) is 11.5 Å². The molecule has 0 aromatic heterocycles. The molecule has 2 rings (SSSR count). The Balaban J connectivity index is 2.37. The topological polar surface area (TPSA) is 21.7 Å². The van der Waals surface area contributed by atoms with Crippen molar-refractivity contribution in [2.45, 2.75) is 12.8 Å². The second-order valence-electron chi connectivity index (χ2n) is 3.85. The molecule has 1 aliphatic heterocycles. The van der Waals surface area contributed by atoms with Gasteiger partial charge in [-0.1, -0.05) is 0 Å². The number of nitrogens with zero attached hydrogens (tertiary/aromatic N) is 1. The molecule has 1 aromatic carbocycles. The molecule has 0 amide bonds. The second kappa shape index (κ2) is 4.95. The largest absolute Gasteiger partial charge is 0.493 e. The molecule has 1 heterocycles. The van der Waals surface area contributed by atoms with Gasteiger partial charge in [0.15, 0.2) is 11.5 Å². The summed E-state index contributed by atoms with van der Waals surface area (Å²) in [5.41, 5.74) is 1.19. The molecule has 0 spiro atoms. The third kappa shape index (κ3) is 2.12. The average Bonchev–Trinajstić information content (AvgIpc) is 2.82. The van der Waals surface area contributed by atoms with E-state index >= 15 is 0 Å². The van der Waals surface area contributed by atoms with E-state index in [0.29, 0.717) is 0 Å². The molecule has 0 aliphatic carbocycles. The predicted octanol–water partition coefficient (Wildman–Crippen LogP) is 3.07. The fourth-order valence-electron chi connectivity index (χ4n) is 2.04. The summed E-state index contributed by atoms with van der Waals surface area (Å²) in [4.78, 5) is 2.37. The van der Waals surface area contributed by atoms with Gasteiger partial charge in [-0.2, -0.15) is 0 Å². The number of hydrogen-bond acceptors (Lipinski definition) is 3. The van der Waals surface area contributed by atoms with Gasteiger partial charge in [0.05, 0.1) is 19.9 Å². The first-order valence-corrected chi connectivity index (χ1v) is 6.22. The normalized spacial score (nSPS) is 15.3. The first-order chi connectivity index (χ1) is 7.76. The molecule has 1 aliphatic rings. The van der Waals surface area contributed by atoms with E-state index in [1.54, 1.807) is 14.2 Å². The number of benzene rings is 1. The van der Waals surface area contributed by atoms with Gasteiger partial charge in [0, 0.05) is 29.7 Å². The number of methoxy groups -OCH3 is 2. The van der Waals surface area contributed by atoms with Crippen molar-refractivity contribution in [2.75, 3.05) is 32.2 Å². The molecule has 3 nitrogen and oxygen atoms in total. The molecule has 16 heavy (non-hydrogen) atoms. The SMILES string of the molecule is COc1cc(Br)c(N2CCCC2)cc1OC. The highest BCUT2D eigenvalue weighted by Crippen LogP contribution is 2.39. The van der Waals surface area contributed by atoms with Gasteiger partial charge in [-0.25, -0.2) is 0 Å². The van der Waals surface area contributed by atoms with Crippen LogP contribution in [-0.2, 0) is 0 Å². The Morgan fingerprint density at radius 3 is 2.19 bits per heavy atom. The number of hydrogen-bond donors (Lipinski definition) is 0. The van der Waals surface area contributed by atoms with E-state index in [1.807, 2.05) is 12.1 Å². The second-order valence-corrected chi connectivity index (χ2v) is 4.71. The van der Waals surface area contributed by atoms with E-state index in [4.69, 9.17) is 9.47 Å². The van der Waals surface area contributed by atoms with Crippen molar-refractivity contribution in [3.63, 3.8) is 0 Å². The van der Waals surface area contributed by atoms with E-state index in [1.165, 1.54) is 18.5 Å². The maximum absolute atomic E-state index is 5.32. The van der Waals surface area contributed by atoms with Crippen LogP contribution < -0.4 is 14.4 Å². The Bertz CT molecular complexity index is 376. The van der Waals surface area contributed by atoms with Crippen LogP contribution in [-0.4, -0.2) is 27.3 Å². The molecule has 0 saturated carbocycles. The lowest BCUT2D eigenvalue weighted by Gasteiger charge is -2.21. The number of ether oxygens (including phenoxy) is 2. The van der Waals surface area contributed by atoms with E-state index in [9.17, 15) is 0 Å². The highest BCUT2D eigenvalue weighted by Gasteiger charge is 2.17.